The van der Waals surface area contributed by atoms with Crippen molar-refractivity contribution in [2.45, 2.75) is 19.8 Å². The van der Waals surface area contributed by atoms with Gasteiger partial charge in [-0.05, 0) is 50.1 Å². The van der Waals surface area contributed by atoms with E-state index in [1.54, 1.807) is 24.5 Å². The minimum atomic E-state index is -0.957. The molecular weight excluding hydrogens is 340 g/mol. The molecule has 1 N–H and O–H groups in total. The minimum absolute atomic E-state index is 0.254. The van der Waals surface area contributed by atoms with E-state index in [0.29, 0.717) is 16.6 Å². The van der Waals surface area contributed by atoms with Crippen LogP contribution in [0.15, 0.2) is 36.7 Å². The summed E-state index contributed by atoms with van der Waals surface area (Å²) in [7, 11) is 0. The minimum Gasteiger partial charge on any atom is -0.478 e. The predicted molar refractivity (Wildman–Crippen MR) is 106 cm³/mol. The standard InChI is InChI=1S/C21H20N4O2/c1-14-4-7-19-17(10-14)18(20(26)27)11-16(24-19)6-5-15-12-22-21(23-13-15)25-8-2-3-9-25/h4-7,10-13H,2-3,8-9H2,1H3,(H,26,27)/b6-5-. The van der Waals surface area contributed by atoms with E-state index in [2.05, 4.69) is 19.9 Å². The van der Waals surface area contributed by atoms with Gasteiger partial charge in [-0.25, -0.2) is 19.7 Å². The van der Waals surface area contributed by atoms with E-state index in [4.69, 9.17) is 0 Å². The lowest BCUT2D eigenvalue weighted by atomic mass is 10.0. The molecule has 27 heavy (non-hydrogen) atoms. The molecule has 1 aliphatic rings. The van der Waals surface area contributed by atoms with Crippen molar-refractivity contribution in [1.82, 2.24) is 15.0 Å². The van der Waals surface area contributed by atoms with Gasteiger partial charge in [0.15, 0.2) is 0 Å². The fourth-order valence-corrected chi connectivity index (χ4v) is 3.30. The third-order valence-electron chi connectivity index (χ3n) is 4.71. The molecule has 1 aliphatic heterocycles. The largest absolute Gasteiger partial charge is 0.478 e. The molecule has 3 heterocycles. The maximum absolute atomic E-state index is 11.6. The monoisotopic (exact) mass is 360 g/mol. The first-order chi connectivity index (χ1) is 13.1. The SMILES string of the molecule is Cc1ccc2nc(/C=C\c3cnc(N4CCCC4)nc3)cc(C(=O)O)c2c1. The van der Waals surface area contributed by atoms with Crippen LogP contribution in [0.25, 0.3) is 23.1 Å². The number of aryl methyl sites for hydroxylation is 1. The number of hydrogen-bond acceptors (Lipinski definition) is 5. The second kappa shape index (κ2) is 7.15. The summed E-state index contributed by atoms with van der Waals surface area (Å²) < 4.78 is 0. The molecule has 0 radical (unpaired) electrons. The van der Waals surface area contributed by atoms with Crippen LogP contribution in [0.2, 0.25) is 0 Å². The van der Waals surface area contributed by atoms with Crippen LogP contribution in [0.1, 0.15) is 40.0 Å². The molecule has 1 saturated heterocycles. The third-order valence-corrected chi connectivity index (χ3v) is 4.71. The fraction of sp³-hybridized carbons (Fsp3) is 0.238. The first-order valence-corrected chi connectivity index (χ1v) is 9.00. The highest BCUT2D eigenvalue weighted by Crippen LogP contribution is 2.21. The molecule has 6 nitrogen and oxygen atoms in total. The van der Waals surface area contributed by atoms with Gasteiger partial charge in [-0.2, -0.15) is 0 Å². The Balaban J connectivity index is 1.62. The molecular formula is C21H20N4O2. The molecule has 1 aromatic carbocycles. The number of fused-ring (bicyclic) bond motifs is 1. The fourth-order valence-electron chi connectivity index (χ4n) is 3.30. The maximum Gasteiger partial charge on any atom is 0.336 e. The zero-order valence-corrected chi connectivity index (χ0v) is 15.1. The third kappa shape index (κ3) is 3.65. The first kappa shape index (κ1) is 17.1. The van der Waals surface area contributed by atoms with E-state index in [-0.39, 0.29) is 5.56 Å². The van der Waals surface area contributed by atoms with Crippen molar-refractivity contribution in [2.24, 2.45) is 0 Å². The van der Waals surface area contributed by atoms with Crippen LogP contribution in [-0.4, -0.2) is 39.1 Å². The quantitative estimate of drug-likeness (QED) is 0.762. The zero-order chi connectivity index (χ0) is 18.8. The summed E-state index contributed by atoms with van der Waals surface area (Å²) in [4.78, 5) is 27.2. The number of rotatable bonds is 4. The molecule has 0 unspecified atom stereocenters. The normalized spacial score (nSPS) is 14.3. The highest BCUT2D eigenvalue weighted by atomic mass is 16.4. The highest BCUT2D eigenvalue weighted by Gasteiger charge is 2.14. The van der Waals surface area contributed by atoms with Crippen molar-refractivity contribution in [2.75, 3.05) is 18.0 Å². The Morgan fingerprint density at radius 3 is 2.56 bits per heavy atom. The molecule has 0 amide bonds. The lowest BCUT2D eigenvalue weighted by molar-refractivity contribution is 0.0699. The Hall–Kier alpha value is -3.28. The Morgan fingerprint density at radius 2 is 1.85 bits per heavy atom. The molecule has 0 spiro atoms. The number of aromatic nitrogens is 3. The average molecular weight is 360 g/mol. The predicted octanol–water partition coefficient (Wildman–Crippen LogP) is 3.80. The number of carboxylic acids is 1. The molecule has 6 heteroatoms. The van der Waals surface area contributed by atoms with Crippen LogP contribution < -0.4 is 4.90 Å². The van der Waals surface area contributed by atoms with Crippen molar-refractivity contribution in [1.29, 1.82) is 0 Å². The van der Waals surface area contributed by atoms with Crippen LogP contribution >= 0.6 is 0 Å². The molecule has 0 bridgehead atoms. The Labute approximate surface area is 157 Å². The van der Waals surface area contributed by atoms with E-state index in [0.717, 1.165) is 30.2 Å². The van der Waals surface area contributed by atoms with Crippen LogP contribution in [0.3, 0.4) is 0 Å². The van der Waals surface area contributed by atoms with Gasteiger partial charge in [0.1, 0.15) is 0 Å². The molecule has 4 rings (SSSR count). The highest BCUT2D eigenvalue weighted by molar-refractivity contribution is 6.03. The van der Waals surface area contributed by atoms with E-state index in [1.165, 1.54) is 12.8 Å². The van der Waals surface area contributed by atoms with Gasteiger partial charge in [0, 0.05) is 36.4 Å². The van der Waals surface area contributed by atoms with Crippen LogP contribution in [0.4, 0.5) is 5.95 Å². The second-order valence-electron chi connectivity index (χ2n) is 6.76. The second-order valence-corrected chi connectivity index (χ2v) is 6.76. The van der Waals surface area contributed by atoms with Crippen molar-refractivity contribution in [3.05, 3.63) is 59.0 Å². The number of pyridine rings is 1. The molecule has 136 valence electrons. The molecule has 1 fully saturated rings. The summed E-state index contributed by atoms with van der Waals surface area (Å²) in [6.45, 7) is 3.95. The first-order valence-electron chi connectivity index (χ1n) is 9.00. The van der Waals surface area contributed by atoms with E-state index in [1.807, 2.05) is 31.2 Å². The molecule has 0 aliphatic carbocycles. The summed E-state index contributed by atoms with van der Waals surface area (Å²) in [5.74, 6) is -0.196. The summed E-state index contributed by atoms with van der Waals surface area (Å²) in [5.41, 5.74) is 3.36. The van der Waals surface area contributed by atoms with E-state index in [9.17, 15) is 9.90 Å². The van der Waals surface area contributed by atoms with Gasteiger partial charge >= 0.3 is 5.97 Å². The van der Waals surface area contributed by atoms with Crippen molar-refractivity contribution >= 4 is 35.0 Å². The number of hydrogen-bond donors (Lipinski definition) is 1. The molecule has 0 atom stereocenters. The van der Waals surface area contributed by atoms with Gasteiger partial charge in [-0.1, -0.05) is 11.6 Å². The summed E-state index contributed by atoms with van der Waals surface area (Å²) in [6.07, 6.45) is 9.56. The number of carboxylic acid groups (broad SMARTS) is 1. The summed E-state index contributed by atoms with van der Waals surface area (Å²) >= 11 is 0. The number of benzene rings is 1. The Morgan fingerprint density at radius 1 is 1.11 bits per heavy atom. The average Bonchev–Trinajstić information content (AvgIpc) is 3.21. The van der Waals surface area contributed by atoms with Gasteiger partial charge in [-0.3, -0.25) is 0 Å². The molecule has 2 aromatic heterocycles. The lowest BCUT2D eigenvalue weighted by Gasteiger charge is -2.14. The van der Waals surface area contributed by atoms with Crippen molar-refractivity contribution < 1.29 is 9.90 Å². The Kier molecular flexibility index (Phi) is 4.54. The van der Waals surface area contributed by atoms with Crippen LogP contribution in [-0.2, 0) is 0 Å². The molecule has 0 saturated carbocycles. The maximum atomic E-state index is 11.6. The summed E-state index contributed by atoms with van der Waals surface area (Å²) in [5, 5.41) is 10.2. The van der Waals surface area contributed by atoms with Gasteiger partial charge in [0.2, 0.25) is 5.95 Å². The van der Waals surface area contributed by atoms with Crippen LogP contribution in [0, 0.1) is 6.92 Å². The lowest BCUT2D eigenvalue weighted by Crippen LogP contribution is -2.20. The van der Waals surface area contributed by atoms with E-state index < -0.39 is 5.97 Å². The molecule has 3 aromatic rings. The Bertz CT molecular complexity index is 1020. The van der Waals surface area contributed by atoms with Crippen LogP contribution in [0.5, 0.6) is 0 Å². The van der Waals surface area contributed by atoms with E-state index >= 15 is 0 Å². The van der Waals surface area contributed by atoms with Gasteiger partial charge < -0.3 is 10.0 Å². The topological polar surface area (TPSA) is 79.2 Å². The zero-order valence-electron chi connectivity index (χ0n) is 15.1. The van der Waals surface area contributed by atoms with Crippen molar-refractivity contribution in [3.8, 4) is 0 Å². The van der Waals surface area contributed by atoms with Gasteiger partial charge in [0.05, 0.1) is 16.8 Å². The van der Waals surface area contributed by atoms with Gasteiger partial charge in [0.25, 0.3) is 0 Å². The number of carbonyl (C=O) groups is 1. The number of aromatic carboxylic acids is 1. The van der Waals surface area contributed by atoms with Crippen molar-refractivity contribution in [3.63, 3.8) is 0 Å². The number of nitrogens with zero attached hydrogens (tertiary/aromatic N) is 4. The smallest absolute Gasteiger partial charge is 0.336 e. The van der Waals surface area contributed by atoms with Gasteiger partial charge in [-0.15, -0.1) is 0 Å². The number of anilines is 1. The summed E-state index contributed by atoms with van der Waals surface area (Å²) in [6, 6.07) is 7.23.